The van der Waals surface area contributed by atoms with Gasteiger partial charge in [-0.2, -0.15) is 0 Å². The minimum absolute atomic E-state index is 0.703. The molecule has 0 saturated heterocycles. The number of ether oxygens (including phenoxy) is 1. The topological polar surface area (TPSA) is 47.3 Å². The average molecular weight is 286 g/mol. The monoisotopic (exact) mass is 286 g/mol. The van der Waals surface area contributed by atoms with E-state index < -0.39 is 5.60 Å². The Bertz CT molecular complexity index is 792. The molecule has 3 aromatic rings. The van der Waals surface area contributed by atoms with Gasteiger partial charge in [-0.1, -0.05) is 0 Å². The Morgan fingerprint density at radius 2 is 2.30 bits per heavy atom. The van der Waals surface area contributed by atoms with Gasteiger partial charge in [-0.15, -0.1) is 11.3 Å². The fraction of sp³-hybridized carbons (Fsp3) is 0.267. The average Bonchev–Trinajstić information content (AvgIpc) is 3.14. The third-order valence-electron chi connectivity index (χ3n) is 3.98. The van der Waals surface area contributed by atoms with Crippen molar-refractivity contribution in [1.82, 2.24) is 9.55 Å². The molecule has 20 heavy (non-hydrogen) atoms. The van der Waals surface area contributed by atoms with Gasteiger partial charge in [0.2, 0.25) is 0 Å². The zero-order valence-electron chi connectivity index (χ0n) is 11.0. The Morgan fingerprint density at radius 1 is 1.40 bits per heavy atom. The van der Waals surface area contributed by atoms with E-state index in [4.69, 9.17) is 4.74 Å². The third kappa shape index (κ3) is 1.53. The summed E-state index contributed by atoms with van der Waals surface area (Å²) in [4.78, 5) is 5.11. The summed E-state index contributed by atoms with van der Waals surface area (Å²) in [7, 11) is 1.66. The van der Waals surface area contributed by atoms with Crippen LogP contribution in [0.3, 0.4) is 0 Å². The van der Waals surface area contributed by atoms with Gasteiger partial charge in [-0.25, -0.2) is 4.98 Å². The largest absolute Gasteiger partial charge is 0.497 e. The minimum atomic E-state index is -0.909. The molecule has 0 amide bonds. The second kappa shape index (κ2) is 4.07. The lowest BCUT2D eigenvalue weighted by Crippen LogP contribution is -2.22. The highest BCUT2D eigenvalue weighted by Gasteiger charge is 2.40. The van der Waals surface area contributed by atoms with Crippen LogP contribution in [-0.2, 0) is 12.1 Å². The molecule has 0 bridgehead atoms. The number of nitrogens with zero attached hydrogens (tertiary/aromatic N) is 2. The fourth-order valence-electron chi connectivity index (χ4n) is 2.86. The van der Waals surface area contributed by atoms with Crippen molar-refractivity contribution in [3.05, 3.63) is 47.4 Å². The lowest BCUT2D eigenvalue weighted by atomic mass is 9.97. The van der Waals surface area contributed by atoms with Crippen molar-refractivity contribution in [2.24, 2.45) is 0 Å². The number of fused-ring (bicyclic) bond motifs is 2. The summed E-state index contributed by atoms with van der Waals surface area (Å²) in [6.07, 6.45) is 4.25. The normalized spacial score (nSPS) is 21.3. The van der Waals surface area contributed by atoms with Gasteiger partial charge in [-0.05, 0) is 29.7 Å². The first-order valence-corrected chi connectivity index (χ1v) is 7.33. The number of imidazole rings is 1. The molecule has 4 rings (SSSR count). The fourth-order valence-corrected chi connectivity index (χ4v) is 4.03. The molecule has 2 aromatic heterocycles. The molecule has 0 aliphatic carbocycles. The quantitative estimate of drug-likeness (QED) is 0.788. The van der Waals surface area contributed by atoms with Crippen LogP contribution in [0.2, 0.25) is 0 Å². The highest BCUT2D eigenvalue weighted by atomic mass is 32.1. The van der Waals surface area contributed by atoms with Gasteiger partial charge in [0.05, 0.1) is 25.3 Å². The highest BCUT2D eigenvalue weighted by molar-refractivity contribution is 7.19. The van der Waals surface area contributed by atoms with Crippen molar-refractivity contribution in [3.63, 3.8) is 0 Å². The van der Waals surface area contributed by atoms with Crippen molar-refractivity contribution in [2.75, 3.05) is 7.11 Å². The van der Waals surface area contributed by atoms with E-state index in [0.717, 1.165) is 33.0 Å². The molecule has 3 heterocycles. The van der Waals surface area contributed by atoms with E-state index in [1.165, 1.54) is 0 Å². The molecule has 5 heteroatoms. The molecule has 4 nitrogen and oxygen atoms in total. The molecular weight excluding hydrogens is 272 g/mol. The summed E-state index contributed by atoms with van der Waals surface area (Å²) in [6, 6.07) is 8.06. The highest BCUT2D eigenvalue weighted by Crippen LogP contribution is 2.43. The molecule has 1 aromatic carbocycles. The number of hydrogen-bond donors (Lipinski definition) is 1. The van der Waals surface area contributed by atoms with Crippen LogP contribution in [0.1, 0.15) is 17.0 Å². The van der Waals surface area contributed by atoms with Crippen LogP contribution < -0.4 is 4.74 Å². The zero-order chi connectivity index (χ0) is 13.7. The predicted molar refractivity (Wildman–Crippen MR) is 78.2 cm³/mol. The lowest BCUT2D eigenvalue weighted by molar-refractivity contribution is 0.0865. The van der Waals surface area contributed by atoms with Crippen LogP contribution in [0.15, 0.2) is 36.8 Å². The number of aromatic nitrogens is 2. The maximum absolute atomic E-state index is 11.0. The smallest absolute Gasteiger partial charge is 0.142 e. The summed E-state index contributed by atoms with van der Waals surface area (Å²) in [5.74, 6) is 0.838. The Morgan fingerprint density at radius 3 is 3.15 bits per heavy atom. The maximum Gasteiger partial charge on any atom is 0.142 e. The molecule has 1 aliphatic rings. The van der Waals surface area contributed by atoms with E-state index in [2.05, 4.69) is 11.1 Å². The summed E-state index contributed by atoms with van der Waals surface area (Å²) in [5, 5.41) is 12.2. The van der Waals surface area contributed by atoms with Crippen molar-refractivity contribution in [3.8, 4) is 5.75 Å². The van der Waals surface area contributed by atoms with Crippen LogP contribution in [0.25, 0.3) is 10.1 Å². The first-order valence-electron chi connectivity index (χ1n) is 6.52. The number of rotatable bonds is 2. The van der Waals surface area contributed by atoms with Crippen LogP contribution in [-0.4, -0.2) is 21.8 Å². The molecule has 0 unspecified atom stereocenters. The van der Waals surface area contributed by atoms with Gasteiger partial charge in [0.15, 0.2) is 0 Å². The van der Waals surface area contributed by atoms with Crippen molar-refractivity contribution in [2.45, 2.75) is 18.6 Å². The number of thiophene rings is 1. The summed E-state index contributed by atoms with van der Waals surface area (Å²) < 4.78 is 8.43. The van der Waals surface area contributed by atoms with Gasteiger partial charge in [0.25, 0.3) is 0 Å². The van der Waals surface area contributed by atoms with Crippen LogP contribution in [0.5, 0.6) is 5.75 Å². The Labute approximate surface area is 120 Å². The molecule has 0 radical (unpaired) electrons. The first-order chi connectivity index (χ1) is 9.70. The van der Waals surface area contributed by atoms with Crippen LogP contribution in [0.4, 0.5) is 0 Å². The van der Waals surface area contributed by atoms with Crippen molar-refractivity contribution >= 4 is 21.4 Å². The second-order valence-corrected chi connectivity index (χ2v) is 6.18. The standard InChI is InChI=1S/C15H14N2O2S/c1-19-11-2-3-12-10(6-11)7-14(20-12)15(18)4-5-17-9-16-8-13(15)17/h2-3,6-9,18H,4-5H2,1H3/t15-/m0/s1. The maximum atomic E-state index is 11.0. The zero-order valence-corrected chi connectivity index (χ0v) is 11.9. The van der Waals surface area contributed by atoms with E-state index in [9.17, 15) is 5.11 Å². The second-order valence-electron chi connectivity index (χ2n) is 5.10. The summed E-state index contributed by atoms with van der Waals surface area (Å²) >= 11 is 1.63. The van der Waals surface area contributed by atoms with Crippen molar-refractivity contribution in [1.29, 1.82) is 0 Å². The number of benzene rings is 1. The molecule has 0 spiro atoms. The summed E-state index contributed by atoms with van der Waals surface area (Å²) in [5.41, 5.74) is -0.0241. The molecule has 0 fully saturated rings. The van der Waals surface area contributed by atoms with E-state index >= 15 is 0 Å². The molecular formula is C15H14N2O2S. The molecule has 102 valence electrons. The predicted octanol–water partition coefficient (Wildman–Crippen LogP) is 2.75. The molecule has 1 aliphatic heterocycles. The Kier molecular flexibility index (Phi) is 2.43. The van der Waals surface area contributed by atoms with E-state index in [0.29, 0.717) is 6.42 Å². The Hall–Kier alpha value is -1.85. The number of hydrogen-bond acceptors (Lipinski definition) is 4. The minimum Gasteiger partial charge on any atom is -0.497 e. The van der Waals surface area contributed by atoms with Crippen LogP contribution in [0, 0.1) is 0 Å². The van der Waals surface area contributed by atoms with Crippen LogP contribution >= 0.6 is 11.3 Å². The van der Waals surface area contributed by atoms with Crippen molar-refractivity contribution < 1.29 is 9.84 Å². The number of aryl methyl sites for hydroxylation is 1. The first kappa shape index (κ1) is 11.9. The van der Waals surface area contributed by atoms with E-state index in [1.54, 1.807) is 31.0 Å². The number of methoxy groups -OCH3 is 1. The molecule has 1 atom stereocenters. The Balaban J connectivity index is 1.87. The van der Waals surface area contributed by atoms with Gasteiger partial charge < -0.3 is 14.4 Å². The van der Waals surface area contributed by atoms with Gasteiger partial charge in [-0.3, -0.25) is 0 Å². The van der Waals surface area contributed by atoms with Gasteiger partial charge in [0.1, 0.15) is 11.4 Å². The molecule has 1 N–H and O–H groups in total. The van der Waals surface area contributed by atoms with Gasteiger partial charge >= 0.3 is 0 Å². The third-order valence-corrected chi connectivity index (χ3v) is 5.25. The lowest BCUT2D eigenvalue weighted by Gasteiger charge is -2.19. The summed E-state index contributed by atoms with van der Waals surface area (Å²) in [6.45, 7) is 0.809. The van der Waals surface area contributed by atoms with E-state index in [-0.39, 0.29) is 0 Å². The van der Waals surface area contributed by atoms with Gasteiger partial charge in [0, 0.05) is 22.5 Å². The van der Waals surface area contributed by atoms with E-state index in [1.807, 2.05) is 22.8 Å². The number of aliphatic hydroxyl groups is 1. The molecule has 0 saturated carbocycles. The SMILES string of the molecule is COc1ccc2sc([C@]3(O)CCn4cncc43)cc2c1.